The smallest absolute Gasteiger partial charge is 0.300 e. The van der Waals surface area contributed by atoms with E-state index in [1.54, 1.807) is 0 Å². The number of carbonyl (C=O) groups is 1. The molecule has 0 bridgehead atoms. The van der Waals surface area contributed by atoms with Crippen LogP contribution in [0.2, 0.25) is 0 Å². The summed E-state index contributed by atoms with van der Waals surface area (Å²) in [5.41, 5.74) is 0. The molecule has 0 aliphatic rings. The van der Waals surface area contributed by atoms with Crippen molar-refractivity contribution in [2.75, 3.05) is 0 Å². The number of hydrogen-bond donors (Lipinski definition) is 0. The molecule has 0 spiro atoms. The monoisotopic (exact) mass is 182 g/mol. The van der Waals surface area contributed by atoms with Gasteiger partial charge in [0.15, 0.2) is 0 Å². The average Bonchev–Trinajstić information content (AvgIpc) is 1.95. The Hall–Kier alpha value is -0.540. The molecule has 12 heavy (non-hydrogen) atoms. The standard InChI is InChI=1S/C8H13F3O/c1-2-3-4-7(12)5-6-8(9,10)11/h2-6H2,1H3. The highest BCUT2D eigenvalue weighted by molar-refractivity contribution is 5.78. The molecule has 0 N–H and O–H groups in total. The van der Waals surface area contributed by atoms with Crippen molar-refractivity contribution in [1.29, 1.82) is 0 Å². The van der Waals surface area contributed by atoms with E-state index in [2.05, 4.69) is 0 Å². The van der Waals surface area contributed by atoms with Crippen molar-refractivity contribution < 1.29 is 18.0 Å². The van der Waals surface area contributed by atoms with Gasteiger partial charge in [0.2, 0.25) is 0 Å². The first-order chi connectivity index (χ1) is 5.45. The highest BCUT2D eigenvalue weighted by atomic mass is 19.4. The van der Waals surface area contributed by atoms with Gasteiger partial charge in [0.25, 0.3) is 0 Å². The molecule has 0 aromatic carbocycles. The van der Waals surface area contributed by atoms with Crippen LogP contribution in [0.15, 0.2) is 0 Å². The maximum Gasteiger partial charge on any atom is 0.389 e. The SMILES string of the molecule is CCCCC(=O)CCC(F)(F)F. The van der Waals surface area contributed by atoms with Crippen LogP contribution in [-0.4, -0.2) is 12.0 Å². The van der Waals surface area contributed by atoms with Crippen LogP contribution in [0.5, 0.6) is 0 Å². The van der Waals surface area contributed by atoms with Gasteiger partial charge in [-0.2, -0.15) is 13.2 Å². The van der Waals surface area contributed by atoms with E-state index in [-0.39, 0.29) is 18.6 Å². The highest BCUT2D eigenvalue weighted by Crippen LogP contribution is 2.21. The Bertz CT molecular complexity index is 140. The molecule has 0 aromatic rings. The van der Waals surface area contributed by atoms with E-state index in [0.29, 0.717) is 6.42 Å². The number of carbonyl (C=O) groups excluding carboxylic acids is 1. The van der Waals surface area contributed by atoms with Crippen molar-refractivity contribution in [1.82, 2.24) is 0 Å². The van der Waals surface area contributed by atoms with Crippen LogP contribution in [0.25, 0.3) is 0 Å². The van der Waals surface area contributed by atoms with E-state index in [1.165, 1.54) is 0 Å². The fraction of sp³-hybridized carbons (Fsp3) is 0.875. The van der Waals surface area contributed by atoms with Crippen molar-refractivity contribution in [3.63, 3.8) is 0 Å². The van der Waals surface area contributed by atoms with E-state index in [1.807, 2.05) is 6.92 Å². The minimum absolute atomic E-state index is 0.283. The molecule has 0 saturated carbocycles. The van der Waals surface area contributed by atoms with Crippen molar-refractivity contribution in [2.24, 2.45) is 0 Å². The molecule has 1 nitrogen and oxygen atoms in total. The van der Waals surface area contributed by atoms with Crippen LogP contribution in [0.1, 0.15) is 39.0 Å². The molecule has 0 rings (SSSR count). The predicted octanol–water partition coefficient (Wildman–Crippen LogP) is 3.09. The first kappa shape index (κ1) is 11.5. The molecule has 0 radical (unpaired) electrons. The van der Waals surface area contributed by atoms with Crippen LogP contribution in [0, 0.1) is 0 Å². The van der Waals surface area contributed by atoms with Crippen LogP contribution < -0.4 is 0 Å². The van der Waals surface area contributed by atoms with Gasteiger partial charge in [0.1, 0.15) is 5.78 Å². The molecular weight excluding hydrogens is 169 g/mol. The zero-order valence-electron chi connectivity index (χ0n) is 7.08. The summed E-state index contributed by atoms with van der Waals surface area (Å²) in [4.78, 5) is 10.7. The lowest BCUT2D eigenvalue weighted by atomic mass is 10.1. The molecule has 0 aliphatic heterocycles. The van der Waals surface area contributed by atoms with Crippen LogP contribution >= 0.6 is 0 Å². The summed E-state index contributed by atoms with van der Waals surface area (Å²) < 4.78 is 34.8. The Morgan fingerprint density at radius 2 is 1.83 bits per heavy atom. The first-order valence-electron chi connectivity index (χ1n) is 4.04. The van der Waals surface area contributed by atoms with E-state index in [4.69, 9.17) is 0 Å². The first-order valence-corrected chi connectivity index (χ1v) is 4.04. The number of alkyl halides is 3. The average molecular weight is 182 g/mol. The Morgan fingerprint density at radius 1 is 1.25 bits per heavy atom. The van der Waals surface area contributed by atoms with E-state index < -0.39 is 12.6 Å². The summed E-state index contributed by atoms with van der Waals surface area (Å²) in [6.45, 7) is 1.90. The summed E-state index contributed by atoms with van der Waals surface area (Å²) >= 11 is 0. The Kier molecular flexibility index (Phi) is 4.93. The zero-order chi connectivity index (χ0) is 9.61. The molecule has 0 amide bonds. The van der Waals surface area contributed by atoms with Gasteiger partial charge in [0, 0.05) is 12.8 Å². The van der Waals surface area contributed by atoms with Crippen LogP contribution in [0.3, 0.4) is 0 Å². The maximum atomic E-state index is 11.6. The predicted molar refractivity (Wildman–Crippen MR) is 39.8 cm³/mol. The van der Waals surface area contributed by atoms with Crippen LogP contribution in [-0.2, 0) is 4.79 Å². The third-order valence-electron chi connectivity index (χ3n) is 1.50. The lowest BCUT2D eigenvalue weighted by Crippen LogP contribution is -2.10. The molecule has 0 heterocycles. The molecule has 0 fully saturated rings. The van der Waals surface area contributed by atoms with Gasteiger partial charge >= 0.3 is 6.18 Å². The topological polar surface area (TPSA) is 17.1 Å². The van der Waals surface area contributed by atoms with Crippen molar-refractivity contribution in [3.05, 3.63) is 0 Å². The summed E-state index contributed by atoms with van der Waals surface area (Å²) in [5.74, 6) is -0.283. The number of Topliss-reactive ketones (excluding diaryl/α,β-unsaturated/α-hetero) is 1. The number of unbranched alkanes of at least 4 members (excludes halogenated alkanes) is 1. The molecular formula is C8H13F3O. The highest BCUT2D eigenvalue weighted by Gasteiger charge is 2.27. The van der Waals surface area contributed by atoms with Gasteiger partial charge in [0.05, 0.1) is 6.42 Å². The van der Waals surface area contributed by atoms with Gasteiger partial charge in [-0.1, -0.05) is 13.3 Å². The van der Waals surface area contributed by atoms with E-state index in [9.17, 15) is 18.0 Å². The van der Waals surface area contributed by atoms with Gasteiger partial charge in [-0.05, 0) is 6.42 Å². The molecule has 4 heteroatoms. The fourth-order valence-corrected chi connectivity index (χ4v) is 0.780. The van der Waals surface area contributed by atoms with Gasteiger partial charge < -0.3 is 0 Å². The Balaban J connectivity index is 3.44. The molecule has 0 aromatic heterocycles. The number of ketones is 1. The second-order valence-corrected chi connectivity index (χ2v) is 2.76. The van der Waals surface area contributed by atoms with E-state index in [0.717, 1.165) is 6.42 Å². The minimum Gasteiger partial charge on any atom is -0.300 e. The molecule has 0 aliphatic carbocycles. The lowest BCUT2D eigenvalue weighted by Gasteiger charge is -2.04. The Morgan fingerprint density at radius 3 is 2.25 bits per heavy atom. The number of hydrogen-bond acceptors (Lipinski definition) is 1. The van der Waals surface area contributed by atoms with Crippen molar-refractivity contribution in [3.8, 4) is 0 Å². The van der Waals surface area contributed by atoms with Gasteiger partial charge in [-0.15, -0.1) is 0 Å². The molecule has 0 atom stereocenters. The third kappa shape index (κ3) is 7.57. The molecule has 0 saturated heterocycles. The number of rotatable bonds is 5. The zero-order valence-corrected chi connectivity index (χ0v) is 7.08. The normalized spacial score (nSPS) is 11.7. The van der Waals surface area contributed by atoms with E-state index >= 15 is 0 Å². The second kappa shape index (κ2) is 5.17. The van der Waals surface area contributed by atoms with Gasteiger partial charge in [-0.3, -0.25) is 4.79 Å². The van der Waals surface area contributed by atoms with Crippen molar-refractivity contribution >= 4 is 5.78 Å². The molecule has 0 unspecified atom stereocenters. The number of halogens is 3. The summed E-state index contributed by atoms with van der Waals surface area (Å²) in [5, 5.41) is 0. The lowest BCUT2D eigenvalue weighted by molar-refractivity contribution is -0.143. The summed E-state index contributed by atoms with van der Waals surface area (Å²) in [6.07, 6.45) is -3.71. The second-order valence-electron chi connectivity index (χ2n) is 2.76. The largest absolute Gasteiger partial charge is 0.389 e. The maximum absolute atomic E-state index is 11.6. The minimum atomic E-state index is -4.19. The quantitative estimate of drug-likeness (QED) is 0.638. The Labute approximate surface area is 70.0 Å². The fourth-order valence-electron chi connectivity index (χ4n) is 0.780. The third-order valence-corrected chi connectivity index (χ3v) is 1.50. The molecule has 72 valence electrons. The summed E-state index contributed by atoms with van der Waals surface area (Å²) in [7, 11) is 0. The van der Waals surface area contributed by atoms with Gasteiger partial charge in [-0.25, -0.2) is 0 Å². The van der Waals surface area contributed by atoms with Crippen molar-refractivity contribution in [2.45, 2.75) is 45.2 Å². The summed E-state index contributed by atoms with van der Waals surface area (Å²) in [6, 6.07) is 0. The van der Waals surface area contributed by atoms with Crippen LogP contribution in [0.4, 0.5) is 13.2 Å².